The molecule has 2 aromatic rings. The maximum atomic E-state index is 11.6. The van der Waals surface area contributed by atoms with Gasteiger partial charge >= 0.3 is 12.0 Å². The number of carbonyl (C=O) groups is 2. The Morgan fingerprint density at radius 1 is 1.47 bits per heavy atom. The van der Waals surface area contributed by atoms with Crippen molar-refractivity contribution in [1.82, 2.24) is 24.9 Å². The van der Waals surface area contributed by atoms with E-state index in [0.717, 1.165) is 11.5 Å². The lowest BCUT2D eigenvalue weighted by molar-refractivity contribution is -0.139. The van der Waals surface area contributed by atoms with E-state index in [0.29, 0.717) is 10.7 Å². The van der Waals surface area contributed by atoms with Crippen LogP contribution in [0.2, 0.25) is 0 Å². The summed E-state index contributed by atoms with van der Waals surface area (Å²) in [5, 5.41) is 17.8. The minimum Gasteiger partial charge on any atom is -0.480 e. The number of H-pyrrole nitrogens is 1. The van der Waals surface area contributed by atoms with Crippen LogP contribution in [0.4, 0.5) is 9.80 Å². The van der Waals surface area contributed by atoms with E-state index in [-0.39, 0.29) is 6.42 Å². The molecule has 0 saturated carbocycles. The topological polar surface area (TPSA) is 133 Å². The van der Waals surface area contributed by atoms with Crippen molar-refractivity contribution in [2.24, 2.45) is 0 Å². The number of carboxylic acids is 1. The highest BCUT2D eigenvalue weighted by molar-refractivity contribution is 7.10. The number of aromatic nitrogens is 4. The summed E-state index contributed by atoms with van der Waals surface area (Å²) in [7, 11) is 0. The van der Waals surface area contributed by atoms with Crippen molar-refractivity contribution >= 4 is 28.5 Å². The summed E-state index contributed by atoms with van der Waals surface area (Å²) in [6, 6.07) is -1.68. The van der Waals surface area contributed by atoms with Crippen LogP contribution in [0.3, 0.4) is 0 Å². The number of hydrogen-bond acceptors (Lipinski definition) is 6. The fourth-order valence-corrected chi connectivity index (χ4v) is 1.76. The molecule has 2 aromatic heterocycles. The molecule has 0 aromatic carbocycles. The number of nitrogens with one attached hydrogen (secondary N) is 3. The van der Waals surface area contributed by atoms with Crippen LogP contribution < -0.4 is 10.6 Å². The Balaban J connectivity index is 1.93. The molecular formula is C9H10N6O3S. The number of nitrogens with zero attached hydrogens (tertiary/aromatic N) is 3. The first-order valence-corrected chi connectivity index (χ1v) is 5.97. The molecule has 19 heavy (non-hydrogen) atoms. The lowest BCUT2D eigenvalue weighted by Crippen LogP contribution is -2.44. The van der Waals surface area contributed by atoms with Gasteiger partial charge in [-0.15, -0.1) is 5.10 Å². The lowest BCUT2D eigenvalue weighted by atomic mass is 10.2. The first kappa shape index (κ1) is 13.0. The summed E-state index contributed by atoms with van der Waals surface area (Å²) in [5.41, 5.74) is 0.618. The van der Waals surface area contributed by atoms with Crippen LogP contribution >= 0.6 is 11.5 Å². The molecule has 10 heteroatoms. The zero-order chi connectivity index (χ0) is 13.7. The van der Waals surface area contributed by atoms with Gasteiger partial charge in [0.2, 0.25) is 0 Å². The molecule has 9 nitrogen and oxygen atoms in total. The van der Waals surface area contributed by atoms with Gasteiger partial charge < -0.3 is 15.4 Å². The molecule has 0 radical (unpaired) electrons. The summed E-state index contributed by atoms with van der Waals surface area (Å²) in [6.45, 7) is 0. The second-order valence-corrected chi connectivity index (χ2v) is 4.34. The number of carbonyl (C=O) groups excluding carboxylic acids is 1. The minimum absolute atomic E-state index is 0.115. The molecule has 2 rings (SSSR count). The van der Waals surface area contributed by atoms with Crippen molar-refractivity contribution in [2.75, 3.05) is 5.32 Å². The predicted octanol–water partition coefficient (Wildman–Crippen LogP) is 0.0786. The van der Waals surface area contributed by atoms with E-state index in [1.807, 2.05) is 0 Å². The van der Waals surface area contributed by atoms with E-state index in [1.165, 1.54) is 18.7 Å². The van der Waals surface area contributed by atoms with E-state index in [1.54, 1.807) is 0 Å². The molecule has 0 aliphatic heterocycles. The Kier molecular flexibility index (Phi) is 4.03. The van der Waals surface area contributed by atoms with E-state index in [4.69, 9.17) is 5.11 Å². The summed E-state index contributed by atoms with van der Waals surface area (Å²) < 4.78 is 3.57. The number of rotatable bonds is 5. The monoisotopic (exact) mass is 282 g/mol. The first-order valence-electron chi connectivity index (χ1n) is 5.20. The average Bonchev–Trinajstić information content (AvgIpc) is 3.00. The molecule has 1 atom stereocenters. The Morgan fingerprint density at radius 3 is 2.89 bits per heavy atom. The van der Waals surface area contributed by atoms with Gasteiger partial charge in [-0.3, -0.25) is 5.32 Å². The molecule has 2 amide bonds. The van der Waals surface area contributed by atoms with Gasteiger partial charge in [-0.05, 0) is 0 Å². The standard InChI is InChI=1S/C9H10N6O3S/c16-8(17)6(1-5-2-10-4-11-5)13-9(18)14-7-3-12-15-19-7/h2-4,6H,1H2,(H,10,11)(H,16,17)(H2,13,14,18)/t6-/m1/s1. The highest BCUT2D eigenvalue weighted by Crippen LogP contribution is 2.08. The number of carboxylic acid groups (broad SMARTS) is 1. The molecule has 0 aliphatic carbocycles. The second-order valence-electron chi connectivity index (χ2n) is 3.55. The number of aromatic amines is 1. The van der Waals surface area contributed by atoms with Gasteiger partial charge in [0, 0.05) is 29.8 Å². The quantitative estimate of drug-likeness (QED) is 0.613. The Hall–Kier alpha value is -2.49. The zero-order valence-corrected chi connectivity index (χ0v) is 10.3. The smallest absolute Gasteiger partial charge is 0.326 e. The summed E-state index contributed by atoms with van der Waals surface area (Å²) in [6.07, 6.45) is 4.43. The molecule has 0 fully saturated rings. The summed E-state index contributed by atoms with van der Waals surface area (Å²) in [4.78, 5) is 29.2. The van der Waals surface area contributed by atoms with Crippen LogP contribution in [-0.4, -0.2) is 42.7 Å². The normalized spacial score (nSPS) is 11.8. The Bertz CT molecular complexity index is 540. The minimum atomic E-state index is -1.13. The Labute approximate surface area is 111 Å². The van der Waals surface area contributed by atoms with Crippen LogP contribution in [0.25, 0.3) is 0 Å². The van der Waals surface area contributed by atoms with Crippen molar-refractivity contribution < 1.29 is 14.7 Å². The number of imidazole rings is 1. The van der Waals surface area contributed by atoms with Gasteiger partial charge in [0.25, 0.3) is 0 Å². The van der Waals surface area contributed by atoms with Crippen molar-refractivity contribution in [2.45, 2.75) is 12.5 Å². The molecular weight excluding hydrogens is 272 g/mol. The van der Waals surface area contributed by atoms with Gasteiger partial charge in [0.15, 0.2) is 0 Å². The van der Waals surface area contributed by atoms with Crippen LogP contribution in [0.5, 0.6) is 0 Å². The number of aliphatic carboxylic acids is 1. The maximum Gasteiger partial charge on any atom is 0.326 e. The molecule has 0 unspecified atom stereocenters. The van der Waals surface area contributed by atoms with E-state index in [9.17, 15) is 9.59 Å². The molecule has 0 saturated heterocycles. The van der Waals surface area contributed by atoms with Gasteiger partial charge in [0.1, 0.15) is 11.0 Å². The van der Waals surface area contributed by atoms with Crippen LogP contribution in [0, 0.1) is 0 Å². The maximum absolute atomic E-state index is 11.6. The second kappa shape index (κ2) is 5.91. The summed E-state index contributed by atoms with van der Waals surface area (Å²) in [5.74, 6) is -1.13. The molecule has 0 aliphatic rings. The largest absolute Gasteiger partial charge is 0.480 e. The van der Waals surface area contributed by atoms with Gasteiger partial charge in [-0.2, -0.15) is 0 Å². The fraction of sp³-hybridized carbons (Fsp3) is 0.222. The summed E-state index contributed by atoms with van der Waals surface area (Å²) >= 11 is 0.995. The third-order valence-corrected chi connectivity index (χ3v) is 2.76. The van der Waals surface area contributed by atoms with Crippen molar-refractivity contribution in [1.29, 1.82) is 0 Å². The highest BCUT2D eigenvalue weighted by atomic mass is 32.1. The number of anilines is 1. The van der Waals surface area contributed by atoms with Crippen LogP contribution in [0.1, 0.15) is 5.69 Å². The number of urea groups is 1. The SMILES string of the molecule is O=C(Nc1cnns1)N[C@H](Cc1cnc[nH]1)C(=O)O. The number of amides is 2. The third-order valence-electron chi connectivity index (χ3n) is 2.18. The zero-order valence-electron chi connectivity index (χ0n) is 9.53. The van der Waals surface area contributed by atoms with Crippen molar-refractivity contribution in [3.05, 3.63) is 24.4 Å². The Morgan fingerprint density at radius 2 is 2.32 bits per heavy atom. The third kappa shape index (κ3) is 3.74. The van der Waals surface area contributed by atoms with Crippen molar-refractivity contribution in [3.63, 3.8) is 0 Å². The van der Waals surface area contributed by atoms with Gasteiger partial charge in [0.05, 0.1) is 12.5 Å². The van der Waals surface area contributed by atoms with Gasteiger partial charge in [-0.25, -0.2) is 14.6 Å². The lowest BCUT2D eigenvalue weighted by Gasteiger charge is -2.13. The first-order chi connectivity index (χ1) is 9.15. The van der Waals surface area contributed by atoms with E-state index < -0.39 is 18.0 Å². The molecule has 2 heterocycles. The molecule has 0 bridgehead atoms. The fourth-order valence-electron chi connectivity index (χ4n) is 1.34. The van der Waals surface area contributed by atoms with E-state index in [2.05, 4.69) is 30.2 Å². The molecule has 4 N–H and O–H groups in total. The predicted molar refractivity (Wildman–Crippen MR) is 65.8 cm³/mol. The number of hydrogen-bond donors (Lipinski definition) is 4. The van der Waals surface area contributed by atoms with Crippen LogP contribution in [0.15, 0.2) is 18.7 Å². The molecule has 0 spiro atoms. The van der Waals surface area contributed by atoms with Crippen LogP contribution in [-0.2, 0) is 11.2 Å². The highest BCUT2D eigenvalue weighted by Gasteiger charge is 2.21. The van der Waals surface area contributed by atoms with E-state index >= 15 is 0 Å². The molecule has 100 valence electrons. The average molecular weight is 282 g/mol. The van der Waals surface area contributed by atoms with Gasteiger partial charge in [-0.1, -0.05) is 4.49 Å². The van der Waals surface area contributed by atoms with Crippen molar-refractivity contribution in [3.8, 4) is 0 Å².